The van der Waals surface area contributed by atoms with Crippen LogP contribution in [0.25, 0.3) is 0 Å². The maximum Gasteiger partial charge on any atom is 0.373 e. The molecule has 29 heavy (non-hydrogen) atoms. The summed E-state index contributed by atoms with van der Waals surface area (Å²) in [6.07, 6.45) is -1.18. The highest BCUT2D eigenvalue weighted by Crippen LogP contribution is 2.26. The maximum atomic E-state index is 12.0. The molecule has 0 bridgehead atoms. The average Bonchev–Trinajstić information content (AvgIpc) is 3.06. The van der Waals surface area contributed by atoms with E-state index in [1.54, 1.807) is 24.3 Å². The molecule has 3 rings (SSSR count). The minimum Gasteiger partial charge on any atom is -0.354 e. The maximum absolute atomic E-state index is 12.0. The number of benzene rings is 2. The predicted octanol–water partition coefficient (Wildman–Crippen LogP) is 4.59. The summed E-state index contributed by atoms with van der Waals surface area (Å²) in [5, 5.41) is 0.977. The average molecular weight is 462 g/mol. The Hall–Kier alpha value is -1.87. The fourth-order valence-electron chi connectivity index (χ4n) is 2.44. The van der Waals surface area contributed by atoms with Gasteiger partial charge in [0.1, 0.15) is 24.4 Å². The van der Waals surface area contributed by atoms with Crippen LogP contribution in [0.3, 0.4) is 0 Å². The molecule has 1 heterocycles. The molecule has 1 saturated heterocycles. The molecule has 0 amide bonds. The minimum absolute atomic E-state index is 0.175. The fourth-order valence-corrected chi connectivity index (χ4v) is 3.00. The van der Waals surface area contributed by atoms with Crippen LogP contribution in [0.4, 0.5) is 0 Å². The van der Waals surface area contributed by atoms with Crippen molar-refractivity contribution >= 4 is 46.7 Å². The standard InChI is InChI=1S/C19H15Cl3O7/c20-13-5-1-11(2-6-13)18(23)28-25-10-16-15(9-17(22)26-16)27-29-19(24)12-3-7-14(21)8-4-12/h1-8,15-17H,9-10H2/t15-,16+,17-/m0/s1. The van der Waals surface area contributed by atoms with E-state index >= 15 is 0 Å². The van der Waals surface area contributed by atoms with Crippen molar-refractivity contribution in [1.29, 1.82) is 0 Å². The number of hydrogen-bond donors (Lipinski definition) is 0. The van der Waals surface area contributed by atoms with Gasteiger partial charge in [0.2, 0.25) is 0 Å². The highest BCUT2D eigenvalue weighted by atomic mass is 35.5. The van der Waals surface area contributed by atoms with Crippen LogP contribution in [0.1, 0.15) is 27.1 Å². The summed E-state index contributed by atoms with van der Waals surface area (Å²) in [6, 6.07) is 12.2. The number of carbonyl (C=O) groups is 2. The molecule has 1 aliphatic rings. The number of rotatable bonds is 7. The molecule has 0 spiro atoms. The quantitative estimate of drug-likeness (QED) is 0.339. The van der Waals surface area contributed by atoms with Crippen molar-refractivity contribution in [3.63, 3.8) is 0 Å². The molecule has 0 aromatic heterocycles. The van der Waals surface area contributed by atoms with Crippen molar-refractivity contribution in [3.05, 3.63) is 69.7 Å². The molecular formula is C19H15Cl3O7. The molecule has 1 fully saturated rings. The lowest BCUT2D eigenvalue weighted by molar-refractivity contribution is -0.302. The number of ether oxygens (including phenoxy) is 1. The van der Waals surface area contributed by atoms with Crippen LogP contribution in [-0.2, 0) is 24.3 Å². The van der Waals surface area contributed by atoms with Crippen LogP contribution in [0.15, 0.2) is 48.5 Å². The molecule has 0 aliphatic carbocycles. The minimum atomic E-state index is -0.714. The third-order valence-electron chi connectivity index (χ3n) is 3.93. The van der Waals surface area contributed by atoms with Crippen molar-refractivity contribution < 1.29 is 33.9 Å². The SMILES string of the molecule is O=C(OOC[C@H]1O[C@H](Cl)C[C@@H]1OOC(=O)c1ccc(Cl)cc1)c1ccc(Cl)cc1. The number of carbonyl (C=O) groups excluding carboxylic acids is 2. The zero-order chi connectivity index (χ0) is 20.8. The first kappa shape index (κ1) is 21.8. The third-order valence-corrected chi connectivity index (χ3v) is 4.71. The highest BCUT2D eigenvalue weighted by Gasteiger charge is 2.38. The second-order valence-corrected chi connectivity index (χ2v) is 7.35. The summed E-state index contributed by atoms with van der Waals surface area (Å²) in [4.78, 5) is 43.6. The van der Waals surface area contributed by atoms with Crippen LogP contribution in [0.5, 0.6) is 0 Å². The van der Waals surface area contributed by atoms with E-state index in [4.69, 9.17) is 59.1 Å². The Morgan fingerprint density at radius 3 is 1.97 bits per heavy atom. The van der Waals surface area contributed by atoms with E-state index < -0.39 is 29.7 Å². The summed E-state index contributed by atoms with van der Waals surface area (Å²) < 4.78 is 5.43. The van der Waals surface area contributed by atoms with Crippen LogP contribution in [0.2, 0.25) is 10.0 Å². The monoisotopic (exact) mass is 460 g/mol. The first-order chi connectivity index (χ1) is 13.9. The van der Waals surface area contributed by atoms with Crippen LogP contribution >= 0.6 is 34.8 Å². The molecule has 10 heteroatoms. The van der Waals surface area contributed by atoms with Gasteiger partial charge >= 0.3 is 11.9 Å². The van der Waals surface area contributed by atoms with Gasteiger partial charge in [0.25, 0.3) is 0 Å². The number of halogens is 3. The van der Waals surface area contributed by atoms with Gasteiger partial charge in [-0.15, -0.1) is 0 Å². The second kappa shape index (κ2) is 10.2. The molecule has 0 radical (unpaired) electrons. The third kappa shape index (κ3) is 6.30. The Kier molecular flexibility index (Phi) is 7.71. The summed E-state index contributed by atoms with van der Waals surface area (Å²) in [6.45, 7) is -0.175. The smallest absolute Gasteiger partial charge is 0.354 e. The van der Waals surface area contributed by atoms with Crippen LogP contribution in [-0.4, -0.2) is 36.3 Å². The summed E-state index contributed by atoms with van der Waals surface area (Å²) in [5.74, 6) is -1.40. The molecule has 0 saturated carbocycles. The van der Waals surface area contributed by atoms with E-state index in [0.29, 0.717) is 10.0 Å². The van der Waals surface area contributed by atoms with E-state index in [0.717, 1.165) is 0 Å². The first-order valence-corrected chi connectivity index (χ1v) is 9.63. The van der Waals surface area contributed by atoms with Crippen LogP contribution < -0.4 is 0 Å². The van der Waals surface area contributed by atoms with E-state index in [2.05, 4.69) is 0 Å². The van der Waals surface area contributed by atoms with E-state index in [1.165, 1.54) is 24.3 Å². The molecule has 0 N–H and O–H groups in total. The Morgan fingerprint density at radius 1 is 0.897 bits per heavy atom. The molecule has 2 aromatic carbocycles. The molecule has 2 aromatic rings. The van der Waals surface area contributed by atoms with Gasteiger partial charge in [0.05, 0.1) is 11.1 Å². The predicted molar refractivity (Wildman–Crippen MR) is 104 cm³/mol. The fraction of sp³-hybridized carbons (Fsp3) is 0.263. The Morgan fingerprint density at radius 2 is 1.41 bits per heavy atom. The Balaban J connectivity index is 1.47. The highest BCUT2D eigenvalue weighted by molar-refractivity contribution is 6.31. The van der Waals surface area contributed by atoms with Crippen molar-refractivity contribution in [3.8, 4) is 0 Å². The van der Waals surface area contributed by atoms with Gasteiger partial charge in [-0.05, 0) is 48.5 Å². The Labute approximate surface area is 181 Å². The van der Waals surface area contributed by atoms with Gasteiger partial charge in [-0.2, -0.15) is 9.78 Å². The van der Waals surface area contributed by atoms with Crippen LogP contribution in [0, 0.1) is 0 Å². The van der Waals surface area contributed by atoms with E-state index in [9.17, 15) is 9.59 Å². The normalized spacial score (nSPS) is 21.0. The Bertz CT molecular complexity index is 842. The lowest BCUT2D eigenvalue weighted by Crippen LogP contribution is -2.30. The molecule has 3 atom stereocenters. The van der Waals surface area contributed by atoms with Gasteiger partial charge in [0, 0.05) is 16.5 Å². The van der Waals surface area contributed by atoms with Gasteiger partial charge in [0.15, 0.2) is 0 Å². The van der Waals surface area contributed by atoms with Gasteiger partial charge in [-0.1, -0.05) is 34.8 Å². The largest absolute Gasteiger partial charge is 0.373 e. The first-order valence-electron chi connectivity index (χ1n) is 8.44. The summed E-state index contributed by atoms with van der Waals surface area (Å²) >= 11 is 17.5. The van der Waals surface area contributed by atoms with Crippen molar-refractivity contribution in [2.75, 3.05) is 6.61 Å². The molecule has 154 valence electrons. The summed E-state index contributed by atoms with van der Waals surface area (Å²) in [7, 11) is 0. The van der Waals surface area contributed by atoms with Crippen molar-refractivity contribution in [2.24, 2.45) is 0 Å². The number of alkyl halides is 1. The van der Waals surface area contributed by atoms with Gasteiger partial charge in [-0.25, -0.2) is 9.59 Å². The van der Waals surface area contributed by atoms with E-state index in [-0.39, 0.29) is 24.2 Å². The van der Waals surface area contributed by atoms with Crippen molar-refractivity contribution in [1.82, 2.24) is 0 Å². The lowest BCUT2D eigenvalue weighted by atomic mass is 10.2. The van der Waals surface area contributed by atoms with Gasteiger partial charge in [-0.3, -0.25) is 9.78 Å². The lowest BCUT2D eigenvalue weighted by Gasteiger charge is -2.16. The van der Waals surface area contributed by atoms with E-state index in [1.807, 2.05) is 0 Å². The zero-order valence-corrected chi connectivity index (χ0v) is 17.0. The summed E-state index contributed by atoms with van der Waals surface area (Å²) in [5.41, 5.74) is -0.142. The number of hydrogen-bond acceptors (Lipinski definition) is 7. The topological polar surface area (TPSA) is 80.3 Å². The zero-order valence-electron chi connectivity index (χ0n) is 14.8. The molecule has 1 aliphatic heterocycles. The second-order valence-electron chi connectivity index (χ2n) is 5.99. The molecular weight excluding hydrogens is 447 g/mol. The van der Waals surface area contributed by atoms with Crippen molar-refractivity contribution in [2.45, 2.75) is 24.2 Å². The molecule has 0 unspecified atom stereocenters. The molecule has 7 nitrogen and oxygen atoms in total. The van der Waals surface area contributed by atoms with Gasteiger partial charge < -0.3 is 4.74 Å².